The fraction of sp³-hybridized carbons (Fsp3) is 0.500. The molecule has 5 heteroatoms. The van der Waals surface area contributed by atoms with Gasteiger partial charge in [-0.25, -0.2) is 9.78 Å². The number of aromatic nitrogens is 1. The van der Waals surface area contributed by atoms with Crippen LogP contribution in [0.25, 0.3) is 0 Å². The van der Waals surface area contributed by atoms with Gasteiger partial charge in [0.15, 0.2) is 5.13 Å². The molecule has 0 aliphatic rings. The summed E-state index contributed by atoms with van der Waals surface area (Å²) in [5.41, 5.74) is 0. The maximum Gasteiger partial charge on any atom is 0.347 e. The van der Waals surface area contributed by atoms with Gasteiger partial charge in [-0.3, -0.25) is 0 Å². The van der Waals surface area contributed by atoms with Crippen LogP contribution < -0.4 is 4.90 Å². The standard InChI is InChI=1S/C8H12N2O2S/c1-5(2)10(3)8-9-4-6(13-8)7(11)12/h4-5H,1-3H3,(H,11,12). The lowest BCUT2D eigenvalue weighted by atomic mass is 10.4. The summed E-state index contributed by atoms with van der Waals surface area (Å²) < 4.78 is 0. The van der Waals surface area contributed by atoms with Crippen molar-refractivity contribution in [3.05, 3.63) is 11.1 Å². The maximum atomic E-state index is 10.6. The summed E-state index contributed by atoms with van der Waals surface area (Å²) in [6.45, 7) is 4.06. The fourth-order valence-corrected chi connectivity index (χ4v) is 1.60. The first kappa shape index (κ1) is 9.98. The van der Waals surface area contributed by atoms with Crippen molar-refractivity contribution in [2.45, 2.75) is 19.9 Å². The first-order valence-electron chi connectivity index (χ1n) is 3.94. The third kappa shape index (κ3) is 2.18. The smallest absolute Gasteiger partial charge is 0.347 e. The summed E-state index contributed by atoms with van der Waals surface area (Å²) in [6, 6.07) is 0.327. The number of rotatable bonds is 3. The Balaban J connectivity index is 2.85. The van der Waals surface area contributed by atoms with Gasteiger partial charge in [0.1, 0.15) is 4.88 Å². The second-order valence-corrected chi connectivity index (χ2v) is 4.03. The molecular formula is C8H12N2O2S. The number of hydrogen-bond acceptors (Lipinski definition) is 4. The van der Waals surface area contributed by atoms with Crippen LogP contribution in [-0.2, 0) is 0 Å². The Morgan fingerprint density at radius 2 is 2.31 bits per heavy atom. The van der Waals surface area contributed by atoms with Crippen LogP contribution in [0.1, 0.15) is 23.5 Å². The highest BCUT2D eigenvalue weighted by Crippen LogP contribution is 2.22. The molecule has 0 amide bonds. The summed E-state index contributed by atoms with van der Waals surface area (Å²) in [5.74, 6) is -0.916. The molecule has 1 aromatic rings. The summed E-state index contributed by atoms with van der Waals surface area (Å²) in [5, 5.41) is 9.41. The number of nitrogens with zero attached hydrogens (tertiary/aromatic N) is 2. The minimum atomic E-state index is -0.916. The Bertz CT molecular complexity index is 309. The zero-order valence-electron chi connectivity index (χ0n) is 7.81. The van der Waals surface area contributed by atoms with E-state index in [-0.39, 0.29) is 4.88 Å². The van der Waals surface area contributed by atoms with Gasteiger partial charge in [0.05, 0.1) is 6.20 Å². The van der Waals surface area contributed by atoms with E-state index in [1.165, 1.54) is 17.5 Å². The first-order valence-corrected chi connectivity index (χ1v) is 4.76. The van der Waals surface area contributed by atoms with Gasteiger partial charge in [0, 0.05) is 13.1 Å². The average molecular weight is 200 g/mol. The van der Waals surface area contributed by atoms with E-state index in [2.05, 4.69) is 4.98 Å². The van der Waals surface area contributed by atoms with Gasteiger partial charge in [0.25, 0.3) is 0 Å². The van der Waals surface area contributed by atoms with E-state index in [1.807, 2.05) is 25.8 Å². The van der Waals surface area contributed by atoms with Crippen molar-refractivity contribution in [3.8, 4) is 0 Å². The Kier molecular flexibility index (Phi) is 2.87. The molecule has 0 spiro atoms. The van der Waals surface area contributed by atoms with Crippen molar-refractivity contribution in [1.29, 1.82) is 0 Å². The molecule has 0 saturated carbocycles. The van der Waals surface area contributed by atoms with Crippen LogP contribution in [-0.4, -0.2) is 29.1 Å². The van der Waals surface area contributed by atoms with Gasteiger partial charge < -0.3 is 10.0 Å². The highest BCUT2D eigenvalue weighted by atomic mass is 32.1. The summed E-state index contributed by atoms with van der Waals surface area (Å²) in [7, 11) is 1.90. The van der Waals surface area contributed by atoms with Crippen molar-refractivity contribution >= 4 is 22.4 Å². The summed E-state index contributed by atoms with van der Waals surface area (Å²) in [6.07, 6.45) is 1.39. The third-order valence-electron chi connectivity index (χ3n) is 1.78. The molecule has 0 aliphatic carbocycles. The fourth-order valence-electron chi connectivity index (χ4n) is 0.748. The van der Waals surface area contributed by atoms with Crippen molar-refractivity contribution in [3.63, 3.8) is 0 Å². The molecule has 0 atom stereocenters. The van der Waals surface area contributed by atoms with E-state index >= 15 is 0 Å². The first-order chi connectivity index (χ1) is 6.02. The molecule has 4 nitrogen and oxygen atoms in total. The topological polar surface area (TPSA) is 53.4 Å². The molecule has 0 aliphatic heterocycles. The van der Waals surface area contributed by atoms with Crippen LogP contribution in [0.2, 0.25) is 0 Å². The zero-order chi connectivity index (χ0) is 10.0. The molecular weight excluding hydrogens is 188 g/mol. The third-order valence-corrected chi connectivity index (χ3v) is 2.86. The Labute approximate surface area is 80.8 Å². The summed E-state index contributed by atoms with van der Waals surface area (Å²) in [4.78, 5) is 16.8. The van der Waals surface area contributed by atoms with Gasteiger partial charge in [-0.2, -0.15) is 0 Å². The summed E-state index contributed by atoms with van der Waals surface area (Å²) >= 11 is 1.19. The lowest BCUT2D eigenvalue weighted by Gasteiger charge is -2.19. The van der Waals surface area contributed by atoms with Crippen LogP contribution in [0.5, 0.6) is 0 Å². The monoisotopic (exact) mass is 200 g/mol. The van der Waals surface area contributed by atoms with Gasteiger partial charge >= 0.3 is 5.97 Å². The molecule has 0 unspecified atom stereocenters. The number of aromatic carboxylic acids is 1. The van der Waals surface area contributed by atoms with Gasteiger partial charge in [0.2, 0.25) is 0 Å². The molecule has 1 N–H and O–H groups in total. The molecule has 1 heterocycles. The number of thiazole rings is 1. The van der Waals surface area contributed by atoms with E-state index in [0.29, 0.717) is 6.04 Å². The zero-order valence-corrected chi connectivity index (χ0v) is 8.63. The molecule has 0 bridgehead atoms. The van der Waals surface area contributed by atoms with Gasteiger partial charge in [-0.05, 0) is 13.8 Å². The van der Waals surface area contributed by atoms with E-state index in [4.69, 9.17) is 5.11 Å². The molecule has 0 aromatic carbocycles. The van der Waals surface area contributed by atoms with Crippen molar-refractivity contribution in [1.82, 2.24) is 4.98 Å². The van der Waals surface area contributed by atoms with E-state index in [0.717, 1.165) is 5.13 Å². The van der Waals surface area contributed by atoms with E-state index < -0.39 is 5.97 Å². The molecule has 0 saturated heterocycles. The Morgan fingerprint density at radius 3 is 2.69 bits per heavy atom. The number of hydrogen-bond donors (Lipinski definition) is 1. The number of carboxylic acid groups (broad SMARTS) is 1. The number of carboxylic acids is 1. The average Bonchev–Trinajstić information content (AvgIpc) is 2.50. The molecule has 13 heavy (non-hydrogen) atoms. The van der Waals surface area contributed by atoms with Gasteiger partial charge in [-0.15, -0.1) is 0 Å². The lowest BCUT2D eigenvalue weighted by Crippen LogP contribution is -2.25. The van der Waals surface area contributed by atoms with Crippen molar-refractivity contribution < 1.29 is 9.90 Å². The van der Waals surface area contributed by atoms with E-state index in [9.17, 15) is 4.79 Å². The minimum Gasteiger partial charge on any atom is -0.477 e. The van der Waals surface area contributed by atoms with Crippen LogP contribution >= 0.6 is 11.3 Å². The lowest BCUT2D eigenvalue weighted by molar-refractivity contribution is 0.0702. The molecule has 1 rings (SSSR count). The number of carbonyl (C=O) groups is 1. The number of anilines is 1. The second-order valence-electron chi connectivity index (χ2n) is 3.02. The van der Waals surface area contributed by atoms with Crippen LogP contribution in [0.3, 0.4) is 0 Å². The molecule has 72 valence electrons. The van der Waals surface area contributed by atoms with Crippen LogP contribution in [0, 0.1) is 0 Å². The molecule has 0 radical (unpaired) electrons. The predicted molar refractivity (Wildman–Crippen MR) is 52.6 cm³/mol. The van der Waals surface area contributed by atoms with Crippen LogP contribution in [0.4, 0.5) is 5.13 Å². The van der Waals surface area contributed by atoms with Crippen LogP contribution in [0.15, 0.2) is 6.20 Å². The largest absolute Gasteiger partial charge is 0.477 e. The highest BCUT2D eigenvalue weighted by molar-refractivity contribution is 7.17. The molecule has 0 fully saturated rings. The quantitative estimate of drug-likeness (QED) is 0.806. The van der Waals surface area contributed by atoms with Crippen molar-refractivity contribution in [2.75, 3.05) is 11.9 Å². The predicted octanol–water partition coefficient (Wildman–Crippen LogP) is 1.69. The van der Waals surface area contributed by atoms with Crippen molar-refractivity contribution in [2.24, 2.45) is 0 Å². The van der Waals surface area contributed by atoms with Gasteiger partial charge in [-0.1, -0.05) is 11.3 Å². The second kappa shape index (κ2) is 3.74. The van der Waals surface area contributed by atoms with E-state index in [1.54, 1.807) is 0 Å². The normalized spacial score (nSPS) is 10.5. The molecule has 1 aromatic heterocycles. The SMILES string of the molecule is CC(C)N(C)c1ncc(C(=O)O)s1. The Morgan fingerprint density at radius 1 is 1.69 bits per heavy atom. The minimum absolute atomic E-state index is 0.280. The Hall–Kier alpha value is -1.10. The maximum absolute atomic E-state index is 10.6. The highest BCUT2D eigenvalue weighted by Gasteiger charge is 2.12.